The van der Waals surface area contributed by atoms with E-state index in [0.29, 0.717) is 27.8 Å². The molecule has 186 valence electrons. The zero-order valence-electron chi connectivity index (χ0n) is 19.8. The van der Waals surface area contributed by atoms with Crippen LogP contribution < -0.4 is 24.2 Å². The third-order valence-corrected chi connectivity index (χ3v) is 7.07. The van der Waals surface area contributed by atoms with Crippen molar-refractivity contribution < 1.29 is 27.4 Å². The van der Waals surface area contributed by atoms with Crippen molar-refractivity contribution in [2.24, 2.45) is 0 Å². The molecule has 1 amide bonds. The lowest BCUT2D eigenvalue weighted by molar-refractivity contribution is -0.117. The fourth-order valence-corrected chi connectivity index (χ4v) is 5.00. The summed E-state index contributed by atoms with van der Waals surface area (Å²) in [5.41, 5.74) is 1.72. The van der Waals surface area contributed by atoms with Crippen LogP contribution in [0.3, 0.4) is 0 Å². The molecule has 8 nitrogen and oxygen atoms in total. The van der Waals surface area contributed by atoms with Gasteiger partial charge in [-0.15, -0.1) is 0 Å². The van der Waals surface area contributed by atoms with Gasteiger partial charge in [0, 0.05) is 12.1 Å². The van der Waals surface area contributed by atoms with E-state index in [1.807, 2.05) is 30.3 Å². The molecule has 0 aromatic heterocycles. The molecule has 10 heteroatoms. The predicted octanol–water partition coefficient (Wildman–Crippen LogP) is 4.20. The van der Waals surface area contributed by atoms with Crippen LogP contribution in [0.2, 0.25) is 5.02 Å². The molecule has 0 aliphatic rings. The summed E-state index contributed by atoms with van der Waals surface area (Å²) in [6.45, 7) is 1.74. The van der Waals surface area contributed by atoms with E-state index >= 15 is 0 Å². The molecule has 3 aromatic carbocycles. The number of hydrogen-bond donors (Lipinski definition) is 2. The number of ether oxygens (including phenoxy) is 3. The second kappa shape index (κ2) is 11.4. The van der Waals surface area contributed by atoms with Gasteiger partial charge in [-0.2, -0.15) is 4.72 Å². The van der Waals surface area contributed by atoms with Crippen LogP contribution >= 0.6 is 11.6 Å². The van der Waals surface area contributed by atoms with Crippen LogP contribution in [-0.4, -0.2) is 41.7 Å². The Bertz CT molecular complexity index is 1300. The maximum Gasteiger partial charge on any atom is 0.243 e. The van der Waals surface area contributed by atoms with Crippen molar-refractivity contribution in [3.63, 3.8) is 0 Å². The Balaban J connectivity index is 1.94. The number of amides is 1. The van der Waals surface area contributed by atoms with E-state index in [4.69, 9.17) is 25.8 Å². The predicted molar refractivity (Wildman–Crippen MR) is 135 cm³/mol. The quantitative estimate of drug-likeness (QED) is 0.417. The van der Waals surface area contributed by atoms with Crippen molar-refractivity contribution in [1.82, 2.24) is 4.72 Å². The average Bonchev–Trinajstić information content (AvgIpc) is 2.84. The Morgan fingerprint density at radius 2 is 1.57 bits per heavy atom. The van der Waals surface area contributed by atoms with E-state index < -0.39 is 22.0 Å². The van der Waals surface area contributed by atoms with Gasteiger partial charge in [0.15, 0.2) is 0 Å². The van der Waals surface area contributed by atoms with E-state index in [2.05, 4.69) is 10.0 Å². The molecule has 0 radical (unpaired) electrons. The zero-order valence-corrected chi connectivity index (χ0v) is 21.4. The minimum absolute atomic E-state index is 0.0207. The van der Waals surface area contributed by atoms with E-state index in [1.165, 1.54) is 45.6 Å². The lowest BCUT2D eigenvalue weighted by Gasteiger charge is -2.20. The van der Waals surface area contributed by atoms with Crippen LogP contribution in [0.1, 0.15) is 11.1 Å². The number of hydrogen-bond acceptors (Lipinski definition) is 6. The SMILES string of the molecule is COc1ccc(S(=O)(=O)NC(Cc2ccccc2)C(=O)Nc2cc(OC)c(Cl)cc2OC)cc1C. The first-order valence-electron chi connectivity index (χ1n) is 10.6. The van der Waals surface area contributed by atoms with Gasteiger partial charge >= 0.3 is 0 Å². The highest BCUT2D eigenvalue weighted by atomic mass is 35.5. The standard InChI is InChI=1S/C25H27ClN2O6S/c1-16-12-18(10-11-22(16)32-2)35(30,31)28-21(13-17-8-6-5-7-9-17)25(29)27-20-15-23(33-3)19(26)14-24(20)34-4/h5-12,14-15,21,28H,13H2,1-4H3,(H,27,29). The molecule has 35 heavy (non-hydrogen) atoms. The lowest BCUT2D eigenvalue weighted by atomic mass is 10.1. The normalized spacial score (nSPS) is 12.0. The molecular weight excluding hydrogens is 492 g/mol. The second-order valence-electron chi connectivity index (χ2n) is 7.67. The average molecular weight is 519 g/mol. The summed E-state index contributed by atoms with van der Waals surface area (Å²) >= 11 is 6.16. The highest BCUT2D eigenvalue weighted by molar-refractivity contribution is 7.89. The van der Waals surface area contributed by atoms with Gasteiger partial charge in [-0.3, -0.25) is 4.79 Å². The van der Waals surface area contributed by atoms with Crippen molar-refractivity contribution in [2.75, 3.05) is 26.6 Å². The lowest BCUT2D eigenvalue weighted by Crippen LogP contribution is -2.45. The molecular formula is C25H27ClN2O6S. The number of rotatable bonds is 10. The number of anilines is 1. The molecule has 0 aliphatic carbocycles. The molecule has 3 rings (SSSR count). The third kappa shape index (κ3) is 6.45. The first kappa shape index (κ1) is 26.3. The summed E-state index contributed by atoms with van der Waals surface area (Å²) in [5, 5.41) is 3.04. The summed E-state index contributed by atoms with van der Waals surface area (Å²) < 4.78 is 44.7. The van der Waals surface area contributed by atoms with Crippen LogP contribution in [0.25, 0.3) is 0 Å². The summed E-state index contributed by atoms with van der Waals surface area (Å²) in [5.74, 6) is 0.615. The van der Waals surface area contributed by atoms with Crippen LogP contribution in [0, 0.1) is 6.92 Å². The van der Waals surface area contributed by atoms with Crippen LogP contribution in [-0.2, 0) is 21.2 Å². The number of carbonyl (C=O) groups excluding carboxylic acids is 1. The van der Waals surface area contributed by atoms with Crippen molar-refractivity contribution in [3.05, 3.63) is 76.8 Å². The largest absolute Gasteiger partial charge is 0.496 e. The molecule has 0 saturated carbocycles. The van der Waals surface area contributed by atoms with Gasteiger partial charge in [-0.25, -0.2) is 8.42 Å². The molecule has 1 unspecified atom stereocenters. The molecule has 0 saturated heterocycles. The Hall–Kier alpha value is -3.27. The van der Waals surface area contributed by atoms with Crippen molar-refractivity contribution in [1.29, 1.82) is 0 Å². The number of carbonyl (C=O) groups is 1. The van der Waals surface area contributed by atoms with Gasteiger partial charge in [0.05, 0.1) is 36.9 Å². The van der Waals surface area contributed by atoms with E-state index in [1.54, 1.807) is 13.0 Å². The van der Waals surface area contributed by atoms with Crippen LogP contribution in [0.15, 0.2) is 65.6 Å². The number of nitrogens with one attached hydrogen (secondary N) is 2. The highest BCUT2D eigenvalue weighted by Gasteiger charge is 2.27. The number of halogens is 1. The number of benzene rings is 3. The molecule has 0 fully saturated rings. The summed E-state index contributed by atoms with van der Waals surface area (Å²) in [6, 6.07) is 15.5. The summed E-state index contributed by atoms with van der Waals surface area (Å²) in [6.07, 6.45) is 0.119. The van der Waals surface area contributed by atoms with E-state index in [-0.39, 0.29) is 17.0 Å². The Morgan fingerprint density at radius 3 is 2.17 bits per heavy atom. The Morgan fingerprint density at radius 1 is 0.914 bits per heavy atom. The molecule has 1 atom stereocenters. The first-order chi connectivity index (χ1) is 16.7. The molecule has 0 spiro atoms. The van der Waals surface area contributed by atoms with Gasteiger partial charge in [0.2, 0.25) is 15.9 Å². The van der Waals surface area contributed by atoms with Gasteiger partial charge in [0.25, 0.3) is 0 Å². The highest BCUT2D eigenvalue weighted by Crippen LogP contribution is 2.36. The third-order valence-electron chi connectivity index (χ3n) is 5.30. The number of sulfonamides is 1. The fourth-order valence-electron chi connectivity index (χ4n) is 3.49. The Kier molecular flexibility index (Phi) is 8.61. The van der Waals surface area contributed by atoms with Crippen LogP contribution in [0.5, 0.6) is 17.2 Å². The monoisotopic (exact) mass is 518 g/mol. The van der Waals surface area contributed by atoms with Crippen molar-refractivity contribution in [2.45, 2.75) is 24.3 Å². The van der Waals surface area contributed by atoms with Crippen LogP contribution in [0.4, 0.5) is 5.69 Å². The fraction of sp³-hybridized carbons (Fsp3) is 0.240. The number of aryl methyl sites for hydroxylation is 1. The minimum Gasteiger partial charge on any atom is -0.496 e. The maximum atomic E-state index is 13.4. The van der Waals surface area contributed by atoms with Crippen molar-refractivity contribution in [3.8, 4) is 17.2 Å². The smallest absolute Gasteiger partial charge is 0.243 e. The van der Waals surface area contributed by atoms with E-state index in [0.717, 1.165) is 5.56 Å². The minimum atomic E-state index is -4.04. The topological polar surface area (TPSA) is 103 Å². The van der Waals surface area contributed by atoms with Gasteiger partial charge in [-0.05, 0) is 42.7 Å². The second-order valence-corrected chi connectivity index (χ2v) is 9.79. The molecule has 0 bridgehead atoms. The summed E-state index contributed by atoms with van der Waals surface area (Å²) in [4.78, 5) is 13.4. The van der Waals surface area contributed by atoms with Crippen molar-refractivity contribution >= 4 is 33.2 Å². The molecule has 2 N–H and O–H groups in total. The maximum absolute atomic E-state index is 13.4. The Labute approximate surface area is 210 Å². The first-order valence-corrected chi connectivity index (χ1v) is 12.5. The molecule has 0 heterocycles. The van der Waals surface area contributed by atoms with Gasteiger partial charge < -0.3 is 19.5 Å². The molecule has 0 aliphatic heterocycles. The van der Waals surface area contributed by atoms with Gasteiger partial charge in [-0.1, -0.05) is 41.9 Å². The summed E-state index contributed by atoms with van der Waals surface area (Å²) in [7, 11) is 0.347. The van der Waals surface area contributed by atoms with Gasteiger partial charge in [0.1, 0.15) is 23.3 Å². The number of methoxy groups -OCH3 is 3. The van der Waals surface area contributed by atoms with E-state index in [9.17, 15) is 13.2 Å². The molecule has 3 aromatic rings. The zero-order chi connectivity index (χ0) is 25.6.